The molecule has 0 aromatic heterocycles. The van der Waals surface area contributed by atoms with Crippen LogP contribution in [0.1, 0.15) is 11.1 Å². The molecule has 1 aromatic carbocycles. The molecule has 0 saturated heterocycles. The van der Waals surface area contributed by atoms with Crippen molar-refractivity contribution >= 4 is 5.91 Å². The Balaban J connectivity index is 2.96. The van der Waals surface area contributed by atoms with Gasteiger partial charge in [-0.3, -0.25) is 4.79 Å². The number of benzene rings is 1. The molecular weight excluding hydrogens is 357 g/mol. The van der Waals surface area contributed by atoms with Gasteiger partial charge in [-0.05, 0) is 12.5 Å². The number of rotatable bonds is 5. The van der Waals surface area contributed by atoms with E-state index in [-0.39, 0.29) is 5.56 Å². The van der Waals surface area contributed by atoms with Crippen molar-refractivity contribution in [2.75, 3.05) is 0 Å². The molecule has 0 unspecified atom stereocenters. The largest absolute Gasteiger partial charge is 0.460 e. The Labute approximate surface area is 129 Å². The normalized spacial score (nSPS) is 13.8. The third-order valence-electron chi connectivity index (χ3n) is 3.00. The van der Waals surface area contributed by atoms with Crippen LogP contribution in [0, 0.1) is 6.92 Å². The quantitative estimate of drug-likeness (QED) is 0.781. The van der Waals surface area contributed by atoms with Gasteiger partial charge >= 0.3 is 23.9 Å². The molecule has 0 fully saturated rings. The van der Waals surface area contributed by atoms with Crippen LogP contribution < -0.4 is 5.32 Å². The van der Waals surface area contributed by atoms with E-state index in [0.717, 1.165) is 5.56 Å². The standard InChI is InChI=1S/C13H10F9NO/c1-7-2-4-8(5-3-7)6-23-9(24)10(14,15)11(16,17)12(18,19)13(20,21)22/h2-5H,6H2,1H3,(H,23,24). The first-order valence-corrected chi connectivity index (χ1v) is 6.18. The number of amides is 1. The van der Waals surface area contributed by atoms with E-state index in [9.17, 15) is 44.3 Å². The zero-order chi connectivity index (χ0) is 19.0. The summed E-state index contributed by atoms with van der Waals surface area (Å²) in [6.07, 6.45) is -6.96. The first kappa shape index (κ1) is 20.1. The van der Waals surface area contributed by atoms with E-state index in [4.69, 9.17) is 0 Å². The lowest BCUT2D eigenvalue weighted by Gasteiger charge is -2.32. The van der Waals surface area contributed by atoms with E-state index in [0.29, 0.717) is 0 Å². The third kappa shape index (κ3) is 3.44. The highest BCUT2D eigenvalue weighted by molar-refractivity contribution is 5.84. The number of nitrogens with one attached hydrogen (secondary N) is 1. The smallest absolute Gasteiger partial charge is 0.347 e. The summed E-state index contributed by atoms with van der Waals surface area (Å²) in [4.78, 5) is 11.1. The van der Waals surface area contributed by atoms with Crippen LogP contribution in [0.3, 0.4) is 0 Å². The summed E-state index contributed by atoms with van der Waals surface area (Å²) in [6.45, 7) is 0.901. The van der Waals surface area contributed by atoms with Gasteiger partial charge in [0.15, 0.2) is 0 Å². The summed E-state index contributed by atoms with van der Waals surface area (Å²) >= 11 is 0. The van der Waals surface area contributed by atoms with Crippen LogP contribution in [0.5, 0.6) is 0 Å². The summed E-state index contributed by atoms with van der Waals surface area (Å²) in [5.41, 5.74) is 0.891. The summed E-state index contributed by atoms with van der Waals surface area (Å²) in [6, 6.07) is 5.59. The van der Waals surface area contributed by atoms with Crippen LogP contribution in [-0.4, -0.2) is 29.9 Å². The van der Waals surface area contributed by atoms with Crippen molar-refractivity contribution in [2.24, 2.45) is 0 Å². The van der Waals surface area contributed by atoms with Crippen molar-refractivity contribution in [1.29, 1.82) is 0 Å². The molecule has 24 heavy (non-hydrogen) atoms. The highest BCUT2D eigenvalue weighted by Gasteiger charge is 2.83. The molecule has 0 saturated carbocycles. The number of hydrogen-bond donors (Lipinski definition) is 1. The lowest BCUT2D eigenvalue weighted by Crippen LogP contribution is -2.65. The summed E-state index contributed by atoms with van der Waals surface area (Å²) in [7, 11) is 0. The van der Waals surface area contributed by atoms with Gasteiger partial charge in [-0.2, -0.15) is 39.5 Å². The van der Waals surface area contributed by atoms with E-state index in [1.54, 1.807) is 6.92 Å². The van der Waals surface area contributed by atoms with Crippen LogP contribution in [0.15, 0.2) is 24.3 Å². The number of alkyl halides is 9. The average Bonchev–Trinajstić information content (AvgIpc) is 2.44. The lowest BCUT2D eigenvalue weighted by molar-refractivity contribution is -0.388. The molecular formula is C13H10F9NO. The van der Waals surface area contributed by atoms with Crippen LogP contribution in [0.25, 0.3) is 0 Å². The van der Waals surface area contributed by atoms with E-state index in [1.807, 2.05) is 0 Å². The molecule has 0 aliphatic rings. The number of aryl methyl sites for hydroxylation is 1. The van der Waals surface area contributed by atoms with Gasteiger partial charge in [0, 0.05) is 6.54 Å². The predicted molar refractivity (Wildman–Crippen MR) is 63.9 cm³/mol. The van der Waals surface area contributed by atoms with Gasteiger partial charge in [-0.25, -0.2) is 0 Å². The fourth-order valence-electron chi connectivity index (χ4n) is 1.52. The third-order valence-corrected chi connectivity index (χ3v) is 3.00. The molecule has 0 bridgehead atoms. The molecule has 0 aliphatic heterocycles. The second kappa shape index (κ2) is 6.17. The summed E-state index contributed by atoms with van der Waals surface area (Å²) in [5.74, 6) is -23.3. The maximum absolute atomic E-state index is 13.2. The van der Waals surface area contributed by atoms with Gasteiger partial charge in [0.2, 0.25) is 0 Å². The molecule has 0 atom stereocenters. The molecule has 2 nitrogen and oxygen atoms in total. The van der Waals surface area contributed by atoms with Crippen LogP contribution in [0.4, 0.5) is 39.5 Å². The predicted octanol–water partition coefficient (Wildman–Crippen LogP) is 4.08. The van der Waals surface area contributed by atoms with Crippen molar-refractivity contribution in [2.45, 2.75) is 37.4 Å². The molecule has 0 heterocycles. The molecule has 1 amide bonds. The average molecular weight is 367 g/mol. The highest BCUT2D eigenvalue weighted by Crippen LogP contribution is 2.53. The van der Waals surface area contributed by atoms with Gasteiger partial charge in [0.25, 0.3) is 5.91 Å². The molecule has 136 valence electrons. The van der Waals surface area contributed by atoms with Crippen LogP contribution >= 0.6 is 0 Å². The minimum Gasteiger partial charge on any atom is -0.347 e. The number of halogens is 9. The maximum Gasteiger partial charge on any atom is 0.460 e. The Hall–Kier alpha value is -1.94. The van der Waals surface area contributed by atoms with Crippen molar-refractivity contribution in [3.05, 3.63) is 35.4 Å². The van der Waals surface area contributed by atoms with Gasteiger partial charge in [-0.1, -0.05) is 29.8 Å². The van der Waals surface area contributed by atoms with E-state index in [2.05, 4.69) is 0 Å². The van der Waals surface area contributed by atoms with E-state index >= 15 is 0 Å². The second-order valence-electron chi connectivity index (χ2n) is 4.89. The van der Waals surface area contributed by atoms with Gasteiger partial charge < -0.3 is 5.32 Å². The van der Waals surface area contributed by atoms with Crippen LogP contribution in [-0.2, 0) is 11.3 Å². The number of carbonyl (C=O) groups excluding carboxylic acids is 1. The zero-order valence-corrected chi connectivity index (χ0v) is 11.8. The number of hydrogen-bond acceptors (Lipinski definition) is 1. The Morgan fingerprint density at radius 2 is 1.33 bits per heavy atom. The molecule has 1 aromatic rings. The fraction of sp³-hybridized carbons (Fsp3) is 0.462. The minimum atomic E-state index is -7.09. The molecule has 0 aliphatic carbocycles. The SMILES string of the molecule is Cc1ccc(CNC(=O)C(F)(F)C(F)(F)C(F)(F)C(F)(F)F)cc1. The molecule has 0 radical (unpaired) electrons. The van der Waals surface area contributed by atoms with Crippen molar-refractivity contribution in [3.8, 4) is 0 Å². The summed E-state index contributed by atoms with van der Waals surface area (Å²) in [5, 5.41) is 1.22. The molecule has 1 N–H and O–H groups in total. The molecule has 11 heteroatoms. The second-order valence-corrected chi connectivity index (χ2v) is 4.89. The molecule has 0 spiro atoms. The zero-order valence-electron chi connectivity index (χ0n) is 11.8. The Kier molecular flexibility index (Phi) is 5.17. The van der Waals surface area contributed by atoms with Crippen molar-refractivity contribution < 1.29 is 44.3 Å². The number of carbonyl (C=O) groups is 1. The van der Waals surface area contributed by atoms with Gasteiger partial charge in [0.05, 0.1) is 0 Å². The summed E-state index contributed by atoms with van der Waals surface area (Å²) < 4.78 is 114. The van der Waals surface area contributed by atoms with Crippen molar-refractivity contribution in [3.63, 3.8) is 0 Å². The minimum absolute atomic E-state index is 0.149. The maximum atomic E-state index is 13.2. The Bertz CT molecular complexity index is 592. The van der Waals surface area contributed by atoms with Crippen molar-refractivity contribution in [1.82, 2.24) is 5.32 Å². The lowest BCUT2D eigenvalue weighted by atomic mass is 10.0. The van der Waals surface area contributed by atoms with E-state index < -0.39 is 36.4 Å². The van der Waals surface area contributed by atoms with Gasteiger partial charge in [-0.15, -0.1) is 0 Å². The first-order valence-electron chi connectivity index (χ1n) is 6.18. The monoisotopic (exact) mass is 367 g/mol. The fourth-order valence-corrected chi connectivity index (χ4v) is 1.52. The topological polar surface area (TPSA) is 29.1 Å². The Morgan fingerprint density at radius 1 is 0.875 bits per heavy atom. The van der Waals surface area contributed by atoms with E-state index in [1.165, 1.54) is 29.6 Å². The highest BCUT2D eigenvalue weighted by atomic mass is 19.4. The first-order chi connectivity index (χ1) is 10.6. The molecule has 1 rings (SSSR count). The van der Waals surface area contributed by atoms with Gasteiger partial charge in [0.1, 0.15) is 0 Å². The van der Waals surface area contributed by atoms with Crippen LogP contribution in [0.2, 0.25) is 0 Å². The Morgan fingerprint density at radius 3 is 1.75 bits per heavy atom.